The minimum atomic E-state index is -4.04. The summed E-state index contributed by atoms with van der Waals surface area (Å²) >= 11 is 1.44. The van der Waals surface area contributed by atoms with Crippen molar-refractivity contribution < 1.29 is 33.1 Å². The zero-order valence-corrected chi connectivity index (χ0v) is 30.6. The molecule has 1 unspecified atom stereocenters. The van der Waals surface area contributed by atoms with Crippen LogP contribution in [0.5, 0.6) is 0 Å². The maximum Gasteiger partial charge on any atom is 0.318 e. The van der Waals surface area contributed by atoms with E-state index in [1.54, 1.807) is 14.2 Å². The average molecular weight is 729 g/mol. The van der Waals surface area contributed by atoms with Crippen molar-refractivity contribution in [2.24, 2.45) is 17.0 Å². The number of aromatic nitrogens is 1. The van der Waals surface area contributed by atoms with Crippen LogP contribution in [0.4, 0.5) is 4.79 Å². The number of sulfonamides is 1. The fourth-order valence-corrected chi connectivity index (χ4v) is 7.93. The molecule has 0 aliphatic heterocycles. The second kappa shape index (κ2) is 18.4. The van der Waals surface area contributed by atoms with Crippen LogP contribution in [-0.4, -0.2) is 96.5 Å². The van der Waals surface area contributed by atoms with Crippen LogP contribution in [0.2, 0.25) is 0 Å². The van der Waals surface area contributed by atoms with Gasteiger partial charge in [0.15, 0.2) is 0 Å². The first kappa shape index (κ1) is 38.9. The third-order valence-corrected chi connectivity index (χ3v) is 11.5. The first-order valence-electron chi connectivity index (χ1n) is 16.6. The molecule has 1 aliphatic carbocycles. The molecule has 272 valence electrons. The minimum absolute atomic E-state index is 0.0436. The lowest BCUT2D eigenvalue weighted by Crippen LogP contribution is -2.58. The lowest BCUT2D eigenvalue weighted by Gasteiger charge is -2.35. The highest BCUT2D eigenvalue weighted by Crippen LogP contribution is 2.30. The molecule has 1 saturated carbocycles. The first-order valence-corrected chi connectivity index (χ1v) is 19.0. The van der Waals surface area contributed by atoms with Crippen molar-refractivity contribution in [3.63, 3.8) is 0 Å². The van der Waals surface area contributed by atoms with Crippen molar-refractivity contribution in [3.05, 3.63) is 81.8 Å². The van der Waals surface area contributed by atoms with Crippen molar-refractivity contribution in [3.8, 4) is 0 Å². The van der Waals surface area contributed by atoms with Gasteiger partial charge in [-0.05, 0) is 54.4 Å². The van der Waals surface area contributed by atoms with Gasteiger partial charge in [0.05, 0.1) is 42.1 Å². The van der Waals surface area contributed by atoms with E-state index in [1.165, 1.54) is 51.0 Å². The van der Waals surface area contributed by atoms with Crippen molar-refractivity contribution in [2.75, 3.05) is 27.2 Å². The number of carbonyl (C=O) groups is 2. The molecule has 2 aromatic carbocycles. The van der Waals surface area contributed by atoms with E-state index in [4.69, 9.17) is 9.94 Å². The largest absolute Gasteiger partial charge is 0.411 e. The highest BCUT2D eigenvalue weighted by Gasteiger charge is 2.35. The summed E-state index contributed by atoms with van der Waals surface area (Å²) in [7, 11) is -0.830. The molecule has 1 heterocycles. The van der Waals surface area contributed by atoms with Crippen LogP contribution in [0.1, 0.15) is 54.9 Å². The Hall–Kier alpha value is -3.89. The molecule has 3 amide bonds. The van der Waals surface area contributed by atoms with E-state index in [9.17, 15) is 23.1 Å². The molecule has 0 radical (unpaired) electrons. The van der Waals surface area contributed by atoms with Gasteiger partial charge in [0.1, 0.15) is 11.0 Å². The van der Waals surface area contributed by atoms with Gasteiger partial charge in [0, 0.05) is 32.6 Å². The summed E-state index contributed by atoms with van der Waals surface area (Å²) in [5.74, 6) is -0.635. The summed E-state index contributed by atoms with van der Waals surface area (Å²) in [6, 6.07) is 13.0. The average Bonchev–Trinajstić information content (AvgIpc) is 3.51. The molecule has 3 aromatic rings. The Morgan fingerprint density at radius 2 is 1.82 bits per heavy atom. The number of amides is 3. The number of hydrogen-bond acceptors (Lipinski definition) is 10. The number of urea groups is 1. The van der Waals surface area contributed by atoms with E-state index >= 15 is 0 Å². The topological polar surface area (TPSA) is 174 Å². The number of benzene rings is 2. The van der Waals surface area contributed by atoms with Gasteiger partial charge >= 0.3 is 6.03 Å². The van der Waals surface area contributed by atoms with Gasteiger partial charge < -0.3 is 30.6 Å². The van der Waals surface area contributed by atoms with E-state index in [0.29, 0.717) is 17.9 Å². The predicted octanol–water partition coefficient (Wildman–Crippen LogP) is 3.84. The van der Waals surface area contributed by atoms with E-state index in [2.05, 4.69) is 20.8 Å². The molecule has 4 N–H and O–H groups in total. The number of hydrogen-bond donors (Lipinski definition) is 4. The molecular formula is C35H48N6O7S2. The monoisotopic (exact) mass is 728 g/mol. The highest BCUT2D eigenvalue weighted by atomic mass is 32.2. The Morgan fingerprint density at radius 3 is 2.42 bits per heavy atom. The molecule has 1 aliphatic rings. The lowest BCUT2D eigenvalue weighted by atomic mass is 9.85. The van der Waals surface area contributed by atoms with Crippen molar-refractivity contribution in [2.45, 2.75) is 75.8 Å². The van der Waals surface area contributed by atoms with Gasteiger partial charge in [0.25, 0.3) is 0 Å². The van der Waals surface area contributed by atoms with Gasteiger partial charge in [-0.25, -0.2) is 18.2 Å². The number of rotatable bonds is 18. The normalized spacial score (nSPS) is 15.5. The first-order chi connectivity index (χ1) is 23.9. The number of ether oxygens (including phenoxy) is 1. The Labute approximate surface area is 298 Å². The molecule has 0 spiro atoms. The standard InChI is InChI=1S/C35H48N6O7S2/c1-24(2)33(39-35(44)40(3)20-28-23-49-32(37-28)22-48-4)34(43)38-30(17-25-9-6-5-7-10-25)31(42)21-41(19-27-11-8-12-27)50(46,47)29-15-13-26(14-16-29)18-36-45/h5-7,9-10,13-16,18,23-24,27,30-31,33,42,45H,8,11-12,17,19-22H2,1-4H3,(H,38,43)(H,39,44)/b36-18+/t30-,31+,33?/m0/s1. The van der Waals surface area contributed by atoms with Gasteiger partial charge in [-0.2, -0.15) is 4.31 Å². The number of nitrogens with zero attached hydrogens (tertiary/aromatic N) is 4. The van der Waals surface area contributed by atoms with Gasteiger partial charge in [-0.3, -0.25) is 4.79 Å². The predicted molar refractivity (Wildman–Crippen MR) is 191 cm³/mol. The van der Waals surface area contributed by atoms with E-state index in [0.717, 1.165) is 29.8 Å². The number of carbonyl (C=O) groups excluding carboxylic acids is 2. The highest BCUT2D eigenvalue weighted by molar-refractivity contribution is 7.89. The summed E-state index contributed by atoms with van der Waals surface area (Å²) in [5.41, 5.74) is 2.07. The second-order valence-corrected chi connectivity index (χ2v) is 15.9. The zero-order valence-electron chi connectivity index (χ0n) is 28.9. The number of aliphatic hydroxyl groups excluding tert-OH is 1. The Balaban J connectivity index is 1.52. The van der Waals surface area contributed by atoms with Crippen LogP contribution < -0.4 is 10.6 Å². The summed E-state index contributed by atoms with van der Waals surface area (Å²) in [5, 5.41) is 32.0. The molecule has 13 nitrogen and oxygen atoms in total. The molecule has 15 heteroatoms. The summed E-state index contributed by atoms with van der Waals surface area (Å²) in [6.45, 7) is 4.22. The number of methoxy groups -OCH3 is 1. The summed E-state index contributed by atoms with van der Waals surface area (Å²) in [4.78, 5) is 33.1. The molecule has 4 rings (SSSR count). The molecule has 0 bridgehead atoms. The zero-order chi connectivity index (χ0) is 36.3. The number of aliphatic hydroxyl groups is 1. The Bertz CT molecular complexity index is 1660. The second-order valence-electron chi connectivity index (χ2n) is 13.0. The molecule has 1 aromatic heterocycles. The lowest BCUT2D eigenvalue weighted by molar-refractivity contribution is -0.125. The van der Waals surface area contributed by atoms with E-state index < -0.39 is 40.1 Å². The smallest absolute Gasteiger partial charge is 0.318 e. The number of thiazole rings is 1. The van der Waals surface area contributed by atoms with Crippen molar-refractivity contribution in [1.29, 1.82) is 0 Å². The van der Waals surface area contributed by atoms with Crippen LogP contribution in [-0.2, 0) is 39.1 Å². The summed E-state index contributed by atoms with van der Waals surface area (Å²) in [6.07, 6.45) is 2.93. The molecule has 50 heavy (non-hydrogen) atoms. The third kappa shape index (κ3) is 10.8. The Morgan fingerprint density at radius 1 is 1.12 bits per heavy atom. The number of nitrogens with one attached hydrogen (secondary N) is 2. The van der Waals surface area contributed by atoms with Crippen molar-refractivity contribution >= 4 is 39.5 Å². The third-order valence-electron chi connectivity index (χ3n) is 8.73. The maximum absolute atomic E-state index is 13.9. The molecule has 3 atom stereocenters. The van der Waals surface area contributed by atoms with Crippen LogP contribution in [0.25, 0.3) is 0 Å². The van der Waals surface area contributed by atoms with Crippen LogP contribution in [0, 0.1) is 11.8 Å². The summed E-state index contributed by atoms with van der Waals surface area (Å²) < 4.78 is 34.3. The van der Waals surface area contributed by atoms with Crippen LogP contribution >= 0.6 is 11.3 Å². The van der Waals surface area contributed by atoms with Crippen molar-refractivity contribution in [1.82, 2.24) is 24.8 Å². The fraction of sp³-hybridized carbons (Fsp3) is 0.486. The quantitative estimate of drug-likeness (QED) is 0.0869. The fourth-order valence-electron chi connectivity index (χ4n) is 5.64. The Kier molecular flexibility index (Phi) is 14.3. The molecular weight excluding hydrogens is 681 g/mol. The maximum atomic E-state index is 13.9. The molecule has 1 fully saturated rings. The van der Waals surface area contributed by atoms with E-state index in [-0.39, 0.29) is 42.8 Å². The van der Waals surface area contributed by atoms with E-state index in [1.807, 2.05) is 49.6 Å². The minimum Gasteiger partial charge on any atom is -0.411 e. The SMILES string of the molecule is COCc1nc(CN(C)C(=O)NC(C(=O)N[C@@H](Cc2ccccc2)[C@H](O)CN(CC2CCC2)S(=O)(=O)c2ccc(/C=N/O)cc2)C(C)C)cs1. The van der Waals surface area contributed by atoms with Gasteiger partial charge in [-0.1, -0.05) is 67.9 Å². The van der Waals surface area contributed by atoms with Gasteiger partial charge in [0.2, 0.25) is 15.9 Å². The number of oxime groups is 1. The van der Waals surface area contributed by atoms with Crippen LogP contribution in [0.15, 0.2) is 70.0 Å². The van der Waals surface area contributed by atoms with Gasteiger partial charge in [-0.15, -0.1) is 11.3 Å². The van der Waals surface area contributed by atoms with Crippen LogP contribution in [0.3, 0.4) is 0 Å². The molecule has 0 saturated heterocycles.